The molecule has 9 nitrogen and oxygen atoms in total. The van der Waals surface area contributed by atoms with Gasteiger partial charge >= 0.3 is 5.69 Å². The van der Waals surface area contributed by atoms with Crippen molar-refractivity contribution in [2.75, 3.05) is 39.8 Å². The fourth-order valence-electron chi connectivity index (χ4n) is 4.84. The van der Waals surface area contributed by atoms with Crippen molar-refractivity contribution in [1.82, 2.24) is 24.9 Å². The molecule has 1 N–H and O–H groups in total. The van der Waals surface area contributed by atoms with E-state index in [9.17, 15) is 14.9 Å². The Bertz CT molecular complexity index is 1190. The van der Waals surface area contributed by atoms with Gasteiger partial charge in [0.1, 0.15) is 11.4 Å². The summed E-state index contributed by atoms with van der Waals surface area (Å²) < 4.78 is 1.63. The fraction of sp³-hybridized carbons (Fsp3) is 0.407. The molecule has 2 aromatic carbocycles. The monoisotopic (exact) mass is 490 g/mol. The molecule has 36 heavy (non-hydrogen) atoms. The van der Waals surface area contributed by atoms with Crippen molar-refractivity contribution < 1.29 is 9.72 Å². The van der Waals surface area contributed by atoms with Crippen LogP contribution in [-0.4, -0.2) is 70.2 Å². The molecule has 0 aliphatic carbocycles. The number of piperazine rings is 1. The summed E-state index contributed by atoms with van der Waals surface area (Å²) >= 11 is 0. The van der Waals surface area contributed by atoms with E-state index in [4.69, 9.17) is 0 Å². The molecule has 1 saturated heterocycles. The van der Waals surface area contributed by atoms with Crippen molar-refractivity contribution in [1.29, 1.82) is 0 Å². The molecule has 2 heterocycles. The number of nitrogens with one attached hydrogen (secondary N) is 1. The zero-order valence-corrected chi connectivity index (χ0v) is 21.2. The van der Waals surface area contributed by atoms with Crippen LogP contribution >= 0.6 is 0 Å². The lowest BCUT2D eigenvalue weighted by Gasteiger charge is -2.40. The van der Waals surface area contributed by atoms with Crippen LogP contribution in [0.15, 0.2) is 54.6 Å². The number of hydrogen-bond acceptors (Lipinski definition) is 6. The summed E-state index contributed by atoms with van der Waals surface area (Å²) in [6.07, 6.45) is 0.883. The van der Waals surface area contributed by atoms with Gasteiger partial charge in [-0.1, -0.05) is 42.5 Å². The highest BCUT2D eigenvalue weighted by molar-refractivity contribution is 5.94. The molecule has 0 saturated carbocycles. The van der Waals surface area contributed by atoms with Gasteiger partial charge in [0.05, 0.1) is 11.5 Å². The van der Waals surface area contributed by atoms with Gasteiger partial charge in [0.2, 0.25) is 0 Å². The number of aryl methyl sites for hydroxylation is 1. The van der Waals surface area contributed by atoms with Gasteiger partial charge in [-0.15, -0.1) is 0 Å². The minimum Gasteiger partial charge on any atom is -0.352 e. The normalized spacial score (nSPS) is 16.7. The second-order valence-corrected chi connectivity index (χ2v) is 9.47. The van der Waals surface area contributed by atoms with Gasteiger partial charge in [0.25, 0.3) is 5.91 Å². The number of amides is 1. The predicted molar refractivity (Wildman–Crippen MR) is 139 cm³/mol. The smallest absolute Gasteiger partial charge is 0.312 e. The number of likely N-dealkylation sites (N-methyl/N-ethyl adjacent to an activating group) is 1. The van der Waals surface area contributed by atoms with Gasteiger partial charge in [-0.05, 0) is 50.6 Å². The number of hydrogen-bond donors (Lipinski definition) is 1. The van der Waals surface area contributed by atoms with E-state index in [2.05, 4.69) is 51.5 Å². The molecule has 1 aliphatic rings. The summed E-state index contributed by atoms with van der Waals surface area (Å²) in [6.45, 7) is 8.37. The van der Waals surface area contributed by atoms with Crippen molar-refractivity contribution in [3.05, 3.63) is 92.8 Å². The van der Waals surface area contributed by atoms with Crippen LogP contribution in [0.4, 0.5) is 5.69 Å². The largest absolute Gasteiger partial charge is 0.352 e. The molecule has 9 heteroatoms. The zero-order chi connectivity index (χ0) is 25.7. The predicted octanol–water partition coefficient (Wildman–Crippen LogP) is 3.57. The molecule has 0 radical (unpaired) electrons. The number of benzene rings is 2. The van der Waals surface area contributed by atoms with E-state index < -0.39 is 4.92 Å². The highest BCUT2D eigenvalue weighted by Crippen LogP contribution is 2.25. The molecule has 0 spiro atoms. The highest BCUT2D eigenvalue weighted by Gasteiger charge is 2.26. The minimum absolute atomic E-state index is 0.0534. The third-order valence-electron chi connectivity index (χ3n) is 6.86. The molecular formula is C27H34N6O3. The number of nitro groups is 1. The number of rotatable bonds is 9. The summed E-state index contributed by atoms with van der Waals surface area (Å²) in [5.41, 5.74) is 3.84. The molecule has 3 aromatic rings. The van der Waals surface area contributed by atoms with E-state index >= 15 is 0 Å². The first-order chi connectivity index (χ1) is 17.3. The van der Waals surface area contributed by atoms with E-state index in [-0.39, 0.29) is 11.6 Å². The summed E-state index contributed by atoms with van der Waals surface area (Å²) in [5.74, 6) is -0.0960. The van der Waals surface area contributed by atoms with Crippen molar-refractivity contribution in [2.24, 2.45) is 0 Å². The average molecular weight is 491 g/mol. The van der Waals surface area contributed by atoms with Gasteiger partial charge in [-0.25, -0.2) is 0 Å². The van der Waals surface area contributed by atoms with Crippen LogP contribution in [-0.2, 0) is 6.54 Å². The zero-order valence-electron chi connectivity index (χ0n) is 21.2. The number of nitrogens with zero attached hydrogens (tertiary/aromatic N) is 5. The Hall–Kier alpha value is -3.56. The second kappa shape index (κ2) is 11.5. The summed E-state index contributed by atoms with van der Waals surface area (Å²) in [6, 6.07) is 18.3. The molecule has 1 amide bonds. The third-order valence-corrected chi connectivity index (χ3v) is 6.86. The fourth-order valence-corrected chi connectivity index (χ4v) is 4.84. The topological polar surface area (TPSA) is 96.5 Å². The standard InChI is InChI=1S/C27H34N6O3/c1-20-26(33(35)36)21(2)32(29-20)18-22-10-12-24(13-11-22)27(34)28-14-7-15-31-17-16-30(3)19-25(31)23-8-5-4-6-9-23/h4-6,8-13,25H,7,14-19H2,1-3H3,(H,28,34)/t25-/m1/s1. The molecule has 1 aliphatic heterocycles. The number of carbonyl (C=O) groups excluding carboxylic acids is 1. The van der Waals surface area contributed by atoms with E-state index in [1.807, 2.05) is 18.2 Å². The van der Waals surface area contributed by atoms with Gasteiger partial charge in [-0.2, -0.15) is 5.10 Å². The van der Waals surface area contributed by atoms with Gasteiger partial charge in [0, 0.05) is 44.3 Å². The number of carbonyl (C=O) groups is 1. The average Bonchev–Trinajstić information content (AvgIpc) is 3.15. The van der Waals surface area contributed by atoms with Crippen LogP contribution in [0.3, 0.4) is 0 Å². The minimum atomic E-state index is -0.396. The van der Waals surface area contributed by atoms with Gasteiger partial charge < -0.3 is 10.2 Å². The van der Waals surface area contributed by atoms with Crippen LogP contribution in [0.1, 0.15) is 45.3 Å². The highest BCUT2D eigenvalue weighted by atomic mass is 16.6. The molecule has 0 unspecified atom stereocenters. The lowest BCUT2D eigenvalue weighted by Crippen LogP contribution is -2.47. The van der Waals surface area contributed by atoms with Crippen LogP contribution < -0.4 is 5.32 Å². The summed E-state index contributed by atoms with van der Waals surface area (Å²) in [4.78, 5) is 28.4. The Morgan fingerprint density at radius 3 is 2.50 bits per heavy atom. The summed E-state index contributed by atoms with van der Waals surface area (Å²) in [7, 11) is 2.17. The molecule has 1 atom stereocenters. The quantitative estimate of drug-likeness (QED) is 0.280. The van der Waals surface area contributed by atoms with Gasteiger partial charge in [-0.3, -0.25) is 24.5 Å². The van der Waals surface area contributed by atoms with E-state index in [0.29, 0.717) is 36.1 Å². The molecule has 1 fully saturated rings. The molecule has 4 rings (SSSR count). The van der Waals surface area contributed by atoms with Crippen LogP contribution in [0.2, 0.25) is 0 Å². The van der Waals surface area contributed by atoms with Gasteiger partial charge in [0.15, 0.2) is 0 Å². The molecule has 190 valence electrons. The Morgan fingerprint density at radius 2 is 1.83 bits per heavy atom. The van der Waals surface area contributed by atoms with Crippen molar-refractivity contribution in [3.8, 4) is 0 Å². The van der Waals surface area contributed by atoms with Crippen LogP contribution in [0.5, 0.6) is 0 Å². The Balaban J connectivity index is 1.27. The molecule has 1 aromatic heterocycles. The maximum Gasteiger partial charge on any atom is 0.312 e. The Kier molecular flexibility index (Phi) is 8.12. The molecular weight excluding hydrogens is 456 g/mol. The first kappa shape index (κ1) is 25.5. The maximum absolute atomic E-state index is 12.6. The lowest BCUT2D eigenvalue weighted by molar-refractivity contribution is -0.386. The van der Waals surface area contributed by atoms with Crippen LogP contribution in [0.25, 0.3) is 0 Å². The van der Waals surface area contributed by atoms with Crippen LogP contribution in [0, 0.1) is 24.0 Å². The van der Waals surface area contributed by atoms with E-state index in [0.717, 1.165) is 38.2 Å². The first-order valence-electron chi connectivity index (χ1n) is 12.4. The van der Waals surface area contributed by atoms with Crippen molar-refractivity contribution in [3.63, 3.8) is 0 Å². The maximum atomic E-state index is 12.6. The third kappa shape index (κ3) is 5.98. The lowest BCUT2D eigenvalue weighted by atomic mass is 10.0. The van der Waals surface area contributed by atoms with Crippen molar-refractivity contribution in [2.45, 2.75) is 32.9 Å². The number of aromatic nitrogens is 2. The Morgan fingerprint density at radius 1 is 1.11 bits per heavy atom. The van der Waals surface area contributed by atoms with E-state index in [1.54, 1.807) is 30.7 Å². The van der Waals surface area contributed by atoms with Crippen molar-refractivity contribution >= 4 is 11.6 Å². The Labute approximate surface area is 211 Å². The molecule has 0 bridgehead atoms. The second-order valence-electron chi connectivity index (χ2n) is 9.47. The van der Waals surface area contributed by atoms with E-state index in [1.165, 1.54) is 5.56 Å². The summed E-state index contributed by atoms with van der Waals surface area (Å²) in [5, 5.41) is 18.5. The SMILES string of the molecule is Cc1nn(Cc2ccc(C(=O)NCCCN3CCN(C)C[C@@H]3c3ccccc3)cc2)c(C)c1[N+](=O)[O-]. The first-order valence-corrected chi connectivity index (χ1v) is 12.4.